The zero-order valence-corrected chi connectivity index (χ0v) is 14.2. The number of hydrogen-bond acceptors (Lipinski definition) is 5. The summed E-state index contributed by atoms with van der Waals surface area (Å²) in [6.07, 6.45) is 0. The molecule has 0 aromatic carbocycles. The first-order chi connectivity index (χ1) is 8.62. The van der Waals surface area contributed by atoms with Crippen LogP contribution in [0, 0.1) is 0 Å². The topological polar surface area (TPSA) is 40.2 Å². The van der Waals surface area contributed by atoms with Gasteiger partial charge in [0.15, 0.2) is 0 Å². The molecule has 110 valence electrons. The third-order valence-electron chi connectivity index (χ3n) is 1.75. The molecule has 0 aromatic heterocycles. The molecule has 0 fully saturated rings. The Balaban J connectivity index is 4.82. The predicted molar refractivity (Wildman–Crippen MR) is 77.3 cm³/mol. The minimum Gasteiger partial charge on any atom is -0.322 e. The van der Waals surface area contributed by atoms with Gasteiger partial charge in [-0.2, -0.15) is 4.44 Å². The third kappa shape index (κ3) is 6.72. The molecule has 5 nitrogen and oxygen atoms in total. The maximum absolute atomic E-state index is 5.70. The van der Waals surface area contributed by atoms with Crippen LogP contribution in [0.2, 0.25) is 0 Å². The van der Waals surface area contributed by atoms with Gasteiger partial charge in [0.2, 0.25) is 0 Å². The van der Waals surface area contributed by atoms with Crippen LogP contribution in [-0.4, -0.2) is 36.9 Å². The number of hydrogen-bond donors (Lipinski definition) is 0. The first-order valence-corrected chi connectivity index (χ1v) is 8.79. The summed E-state index contributed by atoms with van der Waals surface area (Å²) in [7, 11) is -2.23. The number of rotatable bonds is 11. The van der Waals surface area contributed by atoms with E-state index in [0.717, 1.165) is 0 Å². The van der Waals surface area contributed by atoms with Crippen LogP contribution in [0.15, 0.2) is 0 Å². The lowest BCUT2D eigenvalue weighted by atomic mass is 10.4. The summed E-state index contributed by atoms with van der Waals surface area (Å²) in [5, 5.41) is 0. The molecular formula is C11H27NO4P2. The van der Waals surface area contributed by atoms with E-state index < -0.39 is 17.1 Å². The molecule has 0 saturated carbocycles. The summed E-state index contributed by atoms with van der Waals surface area (Å²) >= 11 is 0. The molecule has 0 saturated heterocycles. The Kier molecular flexibility index (Phi) is 11.9. The van der Waals surface area contributed by atoms with Crippen molar-refractivity contribution in [1.29, 1.82) is 0 Å². The SMILES string of the molecule is CCOP(OCC)N(C(C)C)P(OCC)OCC. The average molecular weight is 299 g/mol. The summed E-state index contributed by atoms with van der Waals surface area (Å²) < 4.78 is 24.9. The van der Waals surface area contributed by atoms with Gasteiger partial charge in [-0.05, 0) is 41.5 Å². The predicted octanol–water partition coefficient (Wildman–Crippen LogP) is 4.30. The van der Waals surface area contributed by atoms with E-state index in [1.54, 1.807) is 0 Å². The summed E-state index contributed by atoms with van der Waals surface area (Å²) in [6, 6.07) is 0.249. The average Bonchev–Trinajstić information content (AvgIpc) is 2.30. The van der Waals surface area contributed by atoms with E-state index in [9.17, 15) is 0 Å². The maximum Gasteiger partial charge on any atom is 0.266 e. The fraction of sp³-hybridized carbons (Fsp3) is 1.00. The van der Waals surface area contributed by atoms with Crippen LogP contribution in [-0.2, 0) is 18.1 Å². The molecular weight excluding hydrogens is 272 g/mol. The first-order valence-electron chi connectivity index (χ1n) is 6.53. The van der Waals surface area contributed by atoms with Crippen LogP contribution >= 0.6 is 17.1 Å². The Bertz CT molecular complexity index is 170. The molecule has 0 aliphatic rings. The molecule has 0 heterocycles. The van der Waals surface area contributed by atoms with E-state index in [0.29, 0.717) is 26.4 Å². The van der Waals surface area contributed by atoms with Crippen LogP contribution in [0.4, 0.5) is 0 Å². The first kappa shape index (κ1) is 18.7. The normalized spacial score (nSPS) is 12.3. The smallest absolute Gasteiger partial charge is 0.266 e. The van der Waals surface area contributed by atoms with E-state index in [-0.39, 0.29) is 6.04 Å². The fourth-order valence-electron chi connectivity index (χ4n) is 1.19. The Morgan fingerprint density at radius 2 is 1.00 bits per heavy atom. The summed E-state index contributed by atoms with van der Waals surface area (Å²) in [5.41, 5.74) is 0. The molecule has 0 rings (SSSR count). The summed E-state index contributed by atoms with van der Waals surface area (Å²) in [6.45, 7) is 14.6. The summed E-state index contributed by atoms with van der Waals surface area (Å²) in [4.78, 5) is 0. The molecule has 0 aliphatic carbocycles. The van der Waals surface area contributed by atoms with Gasteiger partial charge in [0.05, 0.1) is 26.4 Å². The molecule has 18 heavy (non-hydrogen) atoms. The molecule has 0 aliphatic heterocycles. The second-order valence-electron chi connectivity index (χ2n) is 3.56. The quantitative estimate of drug-likeness (QED) is 0.532. The third-order valence-corrected chi connectivity index (χ3v) is 6.14. The monoisotopic (exact) mass is 299 g/mol. The maximum atomic E-state index is 5.70. The highest BCUT2D eigenvalue weighted by molar-refractivity contribution is 7.60. The largest absolute Gasteiger partial charge is 0.322 e. The highest BCUT2D eigenvalue weighted by Crippen LogP contribution is 2.60. The van der Waals surface area contributed by atoms with Crippen LogP contribution in [0.1, 0.15) is 41.5 Å². The van der Waals surface area contributed by atoms with Crippen molar-refractivity contribution in [2.75, 3.05) is 26.4 Å². The van der Waals surface area contributed by atoms with Crippen molar-refractivity contribution in [3.63, 3.8) is 0 Å². The summed E-state index contributed by atoms with van der Waals surface area (Å²) in [5.74, 6) is 0. The van der Waals surface area contributed by atoms with Gasteiger partial charge >= 0.3 is 0 Å². The Labute approximate surface area is 114 Å². The highest BCUT2D eigenvalue weighted by Gasteiger charge is 2.33. The standard InChI is InChI=1S/C11H27NO4P2/c1-7-13-17(14-8-2)12(11(5)6)18(15-9-3)16-10-4/h11H,7-10H2,1-6H3. The zero-order chi connectivity index (χ0) is 14.0. The van der Waals surface area contributed by atoms with Crippen molar-refractivity contribution in [2.45, 2.75) is 47.6 Å². The number of nitrogens with zero attached hydrogens (tertiary/aromatic N) is 1. The van der Waals surface area contributed by atoms with Gasteiger partial charge in [0, 0.05) is 6.04 Å². The Hall–Kier alpha value is 0.660. The van der Waals surface area contributed by atoms with Crippen molar-refractivity contribution >= 4 is 17.1 Å². The van der Waals surface area contributed by atoms with Gasteiger partial charge in [-0.15, -0.1) is 0 Å². The lowest BCUT2D eigenvalue weighted by Crippen LogP contribution is -2.24. The van der Waals surface area contributed by atoms with Crippen LogP contribution in [0.5, 0.6) is 0 Å². The minimum atomic E-state index is -1.11. The van der Waals surface area contributed by atoms with Gasteiger partial charge in [-0.25, -0.2) is 0 Å². The molecule has 0 amide bonds. The molecule has 0 bridgehead atoms. The van der Waals surface area contributed by atoms with Crippen molar-refractivity contribution in [2.24, 2.45) is 0 Å². The van der Waals surface area contributed by atoms with Gasteiger partial charge in [0.25, 0.3) is 17.1 Å². The lowest BCUT2D eigenvalue weighted by molar-refractivity contribution is 0.199. The van der Waals surface area contributed by atoms with E-state index in [4.69, 9.17) is 18.1 Å². The van der Waals surface area contributed by atoms with Crippen molar-refractivity contribution in [3.05, 3.63) is 0 Å². The Morgan fingerprint density at radius 1 is 0.722 bits per heavy atom. The van der Waals surface area contributed by atoms with Crippen LogP contribution in [0.3, 0.4) is 0 Å². The molecule has 0 spiro atoms. The molecule has 0 aromatic rings. The second kappa shape index (κ2) is 11.5. The van der Waals surface area contributed by atoms with Crippen LogP contribution < -0.4 is 0 Å². The highest BCUT2D eigenvalue weighted by atomic mass is 31.2. The van der Waals surface area contributed by atoms with Crippen molar-refractivity contribution in [1.82, 2.24) is 4.44 Å². The van der Waals surface area contributed by atoms with Gasteiger partial charge in [-0.1, -0.05) is 0 Å². The molecule has 7 heteroatoms. The van der Waals surface area contributed by atoms with E-state index in [2.05, 4.69) is 18.3 Å². The second-order valence-corrected chi connectivity index (χ2v) is 6.72. The van der Waals surface area contributed by atoms with Crippen LogP contribution in [0.25, 0.3) is 0 Å². The fourth-order valence-corrected chi connectivity index (χ4v) is 4.55. The van der Waals surface area contributed by atoms with Gasteiger partial charge in [0.1, 0.15) is 0 Å². The van der Waals surface area contributed by atoms with Crippen molar-refractivity contribution < 1.29 is 18.1 Å². The van der Waals surface area contributed by atoms with E-state index >= 15 is 0 Å². The van der Waals surface area contributed by atoms with Gasteiger partial charge < -0.3 is 18.1 Å². The van der Waals surface area contributed by atoms with E-state index in [1.165, 1.54) is 0 Å². The van der Waals surface area contributed by atoms with E-state index in [1.807, 2.05) is 27.7 Å². The van der Waals surface area contributed by atoms with Gasteiger partial charge in [-0.3, -0.25) is 0 Å². The lowest BCUT2D eigenvalue weighted by Gasteiger charge is -2.35. The minimum absolute atomic E-state index is 0.249. The molecule has 0 N–H and O–H groups in total. The molecule has 0 unspecified atom stereocenters. The Morgan fingerprint density at radius 3 is 1.17 bits per heavy atom. The van der Waals surface area contributed by atoms with Crippen molar-refractivity contribution in [3.8, 4) is 0 Å². The zero-order valence-electron chi connectivity index (χ0n) is 12.4. The molecule has 0 atom stereocenters. The molecule has 0 radical (unpaired) electrons.